The van der Waals surface area contributed by atoms with Crippen molar-refractivity contribution in [3.8, 4) is 5.75 Å². The molecule has 0 radical (unpaired) electrons. The summed E-state index contributed by atoms with van der Waals surface area (Å²) in [5.74, 6) is -2.23. The summed E-state index contributed by atoms with van der Waals surface area (Å²) in [5.41, 5.74) is 6.83. The summed E-state index contributed by atoms with van der Waals surface area (Å²) >= 11 is 0. The number of hydrogen-bond acceptors (Lipinski definition) is 8. The fourth-order valence-corrected chi connectivity index (χ4v) is 7.49. The van der Waals surface area contributed by atoms with E-state index in [9.17, 15) is 28.4 Å². The number of amides is 5. The van der Waals surface area contributed by atoms with Gasteiger partial charge in [0.1, 0.15) is 36.3 Å². The van der Waals surface area contributed by atoms with Gasteiger partial charge < -0.3 is 36.2 Å². The van der Waals surface area contributed by atoms with Crippen molar-refractivity contribution in [2.75, 3.05) is 45.9 Å². The molecule has 55 heavy (non-hydrogen) atoms. The summed E-state index contributed by atoms with van der Waals surface area (Å²) in [4.78, 5) is 75.0. The smallest absolute Gasteiger partial charge is 0.255 e. The maximum absolute atomic E-state index is 14.2. The van der Waals surface area contributed by atoms with Gasteiger partial charge in [0.2, 0.25) is 23.6 Å². The quantitative estimate of drug-likeness (QED) is 0.295. The highest BCUT2D eigenvalue weighted by Gasteiger charge is 2.37. The number of para-hydroxylation sites is 1. The number of rotatable bonds is 8. The normalized spacial score (nSPS) is 23.5. The SMILES string of the molecule is Br.CC(C)[C@H]1NC(=O)CCC(C(=O)N2CCCN(Cc3cccc(F)c3)CC2)NC(=O)c2ccccc2OC[C@H]2CCCN2C(=O)[C@H](CCCCN)NC1=O. The van der Waals surface area contributed by atoms with Crippen LogP contribution < -0.4 is 26.4 Å². The number of carbonyl (C=O) groups is 5. The van der Waals surface area contributed by atoms with Crippen molar-refractivity contribution in [2.24, 2.45) is 11.7 Å². The molecule has 0 aliphatic carbocycles. The average Bonchev–Trinajstić information content (AvgIpc) is 3.51. The molecule has 3 aliphatic rings. The van der Waals surface area contributed by atoms with Crippen LogP contribution in [-0.4, -0.2) is 114 Å². The lowest BCUT2D eigenvalue weighted by Crippen LogP contribution is -2.57. The number of nitrogens with two attached hydrogens (primary N) is 1. The molecule has 2 aromatic carbocycles. The van der Waals surface area contributed by atoms with Gasteiger partial charge in [-0.05, 0) is 87.2 Å². The molecule has 0 saturated carbocycles. The summed E-state index contributed by atoms with van der Waals surface area (Å²) in [6.07, 6.45) is 3.72. The highest BCUT2D eigenvalue weighted by molar-refractivity contribution is 8.93. The van der Waals surface area contributed by atoms with E-state index < -0.39 is 35.8 Å². The first kappa shape index (κ1) is 43.6. The topological polar surface area (TPSA) is 166 Å². The number of halogens is 2. The Morgan fingerprint density at radius 3 is 2.49 bits per heavy atom. The summed E-state index contributed by atoms with van der Waals surface area (Å²) in [7, 11) is 0. The minimum Gasteiger partial charge on any atom is -0.491 e. The Hall–Kier alpha value is -4.08. The lowest BCUT2D eigenvalue weighted by molar-refractivity contribution is -0.139. The molecule has 3 heterocycles. The van der Waals surface area contributed by atoms with E-state index in [0.717, 1.165) is 12.0 Å². The van der Waals surface area contributed by atoms with Crippen molar-refractivity contribution in [1.82, 2.24) is 30.7 Å². The first-order valence-corrected chi connectivity index (χ1v) is 19.4. The van der Waals surface area contributed by atoms with E-state index in [4.69, 9.17) is 10.5 Å². The standard InChI is InChI=1S/C40H56FN7O6.BrH/c1-27(2)36-38(51)44-32(14-5-6-18-42)40(53)48-21-8-12-30(48)26-54-34-15-4-3-13-31(34)37(50)43-33(16-17-35(49)45-36)39(52)47-20-9-19-46(22-23-47)25-28-10-7-11-29(41)24-28;/h3-4,7,10-11,13,15,24,27,30,32-33,36H,5-6,8-9,12,14,16-23,25-26,42H2,1-2H3,(H,43,50)(H,44,51)(H,45,49);1H/t30-,32+,33?,36-;/m1./s1. The third kappa shape index (κ3) is 12.2. The first-order chi connectivity index (χ1) is 26.0. The molecule has 2 saturated heterocycles. The zero-order valence-corrected chi connectivity index (χ0v) is 33.7. The van der Waals surface area contributed by atoms with E-state index in [1.807, 2.05) is 19.9 Å². The van der Waals surface area contributed by atoms with Crippen LogP contribution in [0.1, 0.15) is 81.1 Å². The van der Waals surface area contributed by atoms with Crippen LogP contribution in [0, 0.1) is 11.7 Å². The molecule has 4 atom stereocenters. The van der Waals surface area contributed by atoms with Crippen molar-refractivity contribution in [1.29, 1.82) is 0 Å². The molecule has 2 aromatic rings. The molecule has 1 unspecified atom stereocenters. The Morgan fingerprint density at radius 2 is 1.73 bits per heavy atom. The summed E-state index contributed by atoms with van der Waals surface area (Å²) in [6.45, 7) is 7.40. The minimum atomic E-state index is -1.04. The lowest BCUT2D eigenvalue weighted by Gasteiger charge is -2.31. The van der Waals surface area contributed by atoms with Crippen LogP contribution in [0.15, 0.2) is 48.5 Å². The number of ether oxygens (including phenoxy) is 1. The van der Waals surface area contributed by atoms with E-state index in [0.29, 0.717) is 83.7 Å². The van der Waals surface area contributed by atoms with Crippen LogP contribution in [0.3, 0.4) is 0 Å². The number of nitrogens with one attached hydrogen (secondary N) is 3. The first-order valence-electron chi connectivity index (χ1n) is 19.4. The van der Waals surface area contributed by atoms with Gasteiger partial charge in [0.05, 0.1) is 11.6 Å². The Morgan fingerprint density at radius 1 is 0.927 bits per heavy atom. The molecule has 0 aromatic heterocycles. The second kappa shape index (κ2) is 21.3. The fourth-order valence-electron chi connectivity index (χ4n) is 7.49. The maximum atomic E-state index is 14.2. The van der Waals surface area contributed by atoms with Gasteiger partial charge in [-0.2, -0.15) is 0 Å². The fraction of sp³-hybridized carbons (Fsp3) is 0.575. The molecule has 302 valence electrons. The van der Waals surface area contributed by atoms with Gasteiger partial charge in [-0.3, -0.25) is 28.9 Å². The van der Waals surface area contributed by atoms with Crippen LogP contribution in [0.2, 0.25) is 0 Å². The van der Waals surface area contributed by atoms with Gasteiger partial charge in [-0.25, -0.2) is 4.39 Å². The molecule has 3 aliphatic heterocycles. The van der Waals surface area contributed by atoms with Crippen molar-refractivity contribution < 1.29 is 33.1 Å². The van der Waals surface area contributed by atoms with E-state index in [2.05, 4.69) is 20.9 Å². The summed E-state index contributed by atoms with van der Waals surface area (Å²) < 4.78 is 20.1. The second-order valence-electron chi connectivity index (χ2n) is 14.9. The number of hydrogen-bond donors (Lipinski definition) is 4. The third-order valence-corrected chi connectivity index (χ3v) is 10.5. The number of carbonyl (C=O) groups excluding carboxylic acids is 5. The van der Waals surface area contributed by atoms with E-state index in [-0.39, 0.29) is 71.6 Å². The number of nitrogens with zero attached hydrogens (tertiary/aromatic N) is 3. The predicted molar refractivity (Wildman–Crippen MR) is 212 cm³/mol. The van der Waals surface area contributed by atoms with Gasteiger partial charge >= 0.3 is 0 Å². The Labute approximate surface area is 334 Å². The molecular weight excluding hydrogens is 773 g/mol. The zero-order valence-electron chi connectivity index (χ0n) is 32.0. The van der Waals surface area contributed by atoms with E-state index in [1.54, 1.807) is 40.1 Å². The molecule has 5 amide bonds. The monoisotopic (exact) mass is 829 g/mol. The largest absolute Gasteiger partial charge is 0.491 e. The lowest BCUT2D eigenvalue weighted by atomic mass is 10.0. The average molecular weight is 831 g/mol. The summed E-state index contributed by atoms with van der Waals surface area (Å²) in [5, 5.41) is 8.69. The van der Waals surface area contributed by atoms with E-state index in [1.165, 1.54) is 12.1 Å². The van der Waals surface area contributed by atoms with Crippen LogP contribution in [-0.2, 0) is 25.7 Å². The molecule has 0 bridgehead atoms. The van der Waals surface area contributed by atoms with Crippen molar-refractivity contribution in [3.63, 3.8) is 0 Å². The Kier molecular flexibility index (Phi) is 16.9. The van der Waals surface area contributed by atoms with Gasteiger partial charge in [0.25, 0.3) is 5.91 Å². The molecule has 2 fully saturated rings. The van der Waals surface area contributed by atoms with Gasteiger partial charge in [-0.1, -0.05) is 38.1 Å². The molecule has 13 nitrogen and oxygen atoms in total. The van der Waals surface area contributed by atoms with Crippen molar-refractivity contribution >= 4 is 46.5 Å². The van der Waals surface area contributed by atoms with Crippen LogP contribution in [0.4, 0.5) is 4.39 Å². The molecule has 0 spiro atoms. The second-order valence-corrected chi connectivity index (χ2v) is 14.9. The third-order valence-electron chi connectivity index (χ3n) is 10.5. The molecule has 15 heteroatoms. The maximum Gasteiger partial charge on any atom is 0.255 e. The van der Waals surface area contributed by atoms with Crippen LogP contribution >= 0.6 is 17.0 Å². The number of fused-ring (bicyclic) bond motifs is 2. The van der Waals surface area contributed by atoms with Crippen molar-refractivity contribution in [3.05, 3.63) is 65.5 Å². The molecule has 5 N–H and O–H groups in total. The van der Waals surface area contributed by atoms with Gasteiger partial charge in [0.15, 0.2) is 0 Å². The van der Waals surface area contributed by atoms with Crippen molar-refractivity contribution in [2.45, 2.75) is 95.9 Å². The zero-order chi connectivity index (χ0) is 38.6. The van der Waals surface area contributed by atoms with E-state index >= 15 is 0 Å². The molecule has 5 rings (SSSR count). The highest BCUT2D eigenvalue weighted by Crippen LogP contribution is 2.24. The molecular formula is C40H57BrFN7O6. The summed E-state index contributed by atoms with van der Waals surface area (Å²) in [6, 6.07) is 10.2. The Bertz CT molecular complexity index is 1630. The predicted octanol–water partition coefficient (Wildman–Crippen LogP) is 3.15. The van der Waals surface area contributed by atoms with Gasteiger partial charge in [0, 0.05) is 45.7 Å². The number of benzene rings is 2. The van der Waals surface area contributed by atoms with Crippen LogP contribution in [0.25, 0.3) is 0 Å². The van der Waals surface area contributed by atoms with Gasteiger partial charge in [-0.15, -0.1) is 17.0 Å². The highest BCUT2D eigenvalue weighted by atomic mass is 79.9. The Balaban J connectivity index is 0.00000673. The number of unbranched alkanes of at least 4 members (excludes halogenated alkanes) is 1. The minimum absolute atomic E-state index is 0. The van der Waals surface area contributed by atoms with Crippen LogP contribution in [0.5, 0.6) is 5.75 Å².